The van der Waals surface area contributed by atoms with Gasteiger partial charge in [0.2, 0.25) is 0 Å². The molecule has 0 radical (unpaired) electrons. The number of benzene rings is 1. The molecule has 0 fully saturated rings. The van der Waals surface area contributed by atoms with Gasteiger partial charge in [0.15, 0.2) is 0 Å². The second-order valence-electron chi connectivity index (χ2n) is 4.26. The third-order valence-electron chi connectivity index (χ3n) is 2.88. The Balaban J connectivity index is 2.89. The maximum atomic E-state index is 12.7. The Morgan fingerprint density at radius 2 is 1.47 bits per heavy atom. The molecular formula is C12H16F3NO3. The van der Waals surface area contributed by atoms with Crippen LogP contribution in [0.5, 0.6) is 0 Å². The summed E-state index contributed by atoms with van der Waals surface area (Å²) in [5.74, 6) is 0. The summed E-state index contributed by atoms with van der Waals surface area (Å²) in [5.41, 5.74) is -2.21. The third-order valence-corrected chi connectivity index (χ3v) is 2.88. The molecule has 0 atom stereocenters. The Morgan fingerprint density at radius 3 is 1.95 bits per heavy atom. The van der Waals surface area contributed by atoms with Crippen molar-refractivity contribution in [2.75, 3.05) is 19.8 Å². The van der Waals surface area contributed by atoms with E-state index >= 15 is 0 Å². The highest BCUT2D eigenvalue weighted by Crippen LogP contribution is 2.31. The van der Waals surface area contributed by atoms with Crippen LogP contribution < -0.4 is 5.32 Å². The number of hydrogen-bond acceptors (Lipinski definition) is 4. The molecule has 0 aliphatic heterocycles. The quantitative estimate of drug-likeness (QED) is 0.612. The summed E-state index contributed by atoms with van der Waals surface area (Å²) in [6, 6.07) is 5.00. The van der Waals surface area contributed by atoms with E-state index in [1.165, 1.54) is 18.2 Å². The predicted octanol–water partition coefficient (Wildman–Crippen LogP) is 0.511. The fourth-order valence-corrected chi connectivity index (χ4v) is 1.55. The van der Waals surface area contributed by atoms with E-state index in [4.69, 9.17) is 15.3 Å². The average Bonchev–Trinajstić information content (AvgIpc) is 2.40. The number of hydrogen-bond donors (Lipinski definition) is 4. The molecule has 0 spiro atoms. The molecule has 19 heavy (non-hydrogen) atoms. The number of nitrogens with one attached hydrogen (secondary N) is 1. The molecule has 108 valence electrons. The lowest BCUT2D eigenvalue weighted by molar-refractivity contribution is -0.138. The lowest BCUT2D eigenvalue weighted by Crippen LogP contribution is -2.54. The highest BCUT2D eigenvalue weighted by atomic mass is 19.4. The van der Waals surface area contributed by atoms with E-state index < -0.39 is 37.1 Å². The lowest BCUT2D eigenvalue weighted by Gasteiger charge is -2.29. The van der Waals surface area contributed by atoms with Crippen LogP contribution in [0, 0.1) is 0 Å². The largest absolute Gasteiger partial charge is 0.416 e. The summed E-state index contributed by atoms with van der Waals surface area (Å²) in [4.78, 5) is 0. The van der Waals surface area contributed by atoms with Gasteiger partial charge in [0.25, 0.3) is 0 Å². The number of alkyl halides is 3. The van der Waals surface area contributed by atoms with Crippen molar-refractivity contribution in [1.82, 2.24) is 5.32 Å². The molecule has 0 bridgehead atoms. The van der Waals surface area contributed by atoms with Crippen molar-refractivity contribution in [2.45, 2.75) is 18.3 Å². The van der Waals surface area contributed by atoms with Crippen molar-refractivity contribution in [3.05, 3.63) is 35.4 Å². The lowest BCUT2D eigenvalue weighted by atomic mass is 10.0. The molecule has 0 aliphatic carbocycles. The van der Waals surface area contributed by atoms with E-state index in [9.17, 15) is 13.2 Å². The summed E-state index contributed by atoms with van der Waals surface area (Å²) in [7, 11) is 0. The predicted molar refractivity (Wildman–Crippen MR) is 62.3 cm³/mol. The molecule has 4 N–H and O–H groups in total. The zero-order valence-electron chi connectivity index (χ0n) is 10.1. The van der Waals surface area contributed by atoms with Crippen LogP contribution in [0.15, 0.2) is 24.3 Å². The number of aliphatic hydroxyl groups excluding tert-OH is 3. The highest BCUT2D eigenvalue weighted by molar-refractivity contribution is 5.29. The van der Waals surface area contributed by atoms with Crippen LogP contribution in [0.3, 0.4) is 0 Å². The van der Waals surface area contributed by atoms with E-state index in [0.717, 1.165) is 6.07 Å². The van der Waals surface area contributed by atoms with Crippen LogP contribution in [0.4, 0.5) is 13.2 Å². The summed E-state index contributed by atoms with van der Waals surface area (Å²) in [6.07, 6.45) is -4.47. The van der Waals surface area contributed by atoms with Gasteiger partial charge in [-0.05, 0) is 11.6 Å². The van der Waals surface area contributed by atoms with Gasteiger partial charge < -0.3 is 20.6 Å². The molecule has 0 heterocycles. The molecule has 7 heteroatoms. The maximum absolute atomic E-state index is 12.7. The fraction of sp³-hybridized carbons (Fsp3) is 0.500. The second kappa shape index (κ2) is 6.33. The van der Waals surface area contributed by atoms with Gasteiger partial charge in [-0.15, -0.1) is 0 Å². The molecule has 0 unspecified atom stereocenters. The Kier molecular flexibility index (Phi) is 5.30. The minimum absolute atomic E-state index is 0.0188. The van der Waals surface area contributed by atoms with Crippen LogP contribution >= 0.6 is 0 Å². The van der Waals surface area contributed by atoms with Crippen molar-refractivity contribution < 1.29 is 28.5 Å². The van der Waals surface area contributed by atoms with E-state index in [1.54, 1.807) is 0 Å². The first-order valence-electron chi connectivity index (χ1n) is 5.61. The van der Waals surface area contributed by atoms with E-state index in [0.29, 0.717) is 0 Å². The van der Waals surface area contributed by atoms with Crippen LogP contribution in [0.2, 0.25) is 0 Å². The molecule has 4 nitrogen and oxygen atoms in total. The minimum atomic E-state index is -4.47. The third kappa shape index (κ3) is 3.90. The fourth-order valence-electron chi connectivity index (χ4n) is 1.55. The van der Waals surface area contributed by atoms with Crippen LogP contribution in [-0.4, -0.2) is 40.7 Å². The topological polar surface area (TPSA) is 72.7 Å². The Hall–Kier alpha value is -1.15. The molecule has 1 aromatic rings. The van der Waals surface area contributed by atoms with Gasteiger partial charge >= 0.3 is 6.18 Å². The van der Waals surface area contributed by atoms with Gasteiger partial charge in [-0.3, -0.25) is 0 Å². The van der Waals surface area contributed by atoms with Crippen LogP contribution in [0.1, 0.15) is 11.1 Å². The molecule has 1 aromatic carbocycles. The van der Waals surface area contributed by atoms with Gasteiger partial charge in [-0.25, -0.2) is 0 Å². The molecular weight excluding hydrogens is 263 g/mol. The summed E-state index contributed by atoms with van der Waals surface area (Å²) < 4.78 is 38.2. The first kappa shape index (κ1) is 15.9. The van der Waals surface area contributed by atoms with Crippen LogP contribution in [-0.2, 0) is 12.7 Å². The number of aliphatic hydroxyl groups is 3. The Morgan fingerprint density at radius 1 is 0.947 bits per heavy atom. The van der Waals surface area contributed by atoms with E-state index in [1.807, 2.05) is 0 Å². The molecule has 0 amide bonds. The zero-order valence-corrected chi connectivity index (χ0v) is 10.1. The van der Waals surface area contributed by atoms with Gasteiger partial charge in [0, 0.05) is 6.54 Å². The summed E-state index contributed by atoms with van der Waals surface area (Å²) in [5, 5.41) is 29.8. The molecule has 0 saturated carbocycles. The minimum Gasteiger partial charge on any atom is -0.394 e. The Labute approximate surface area is 108 Å². The number of rotatable bonds is 6. The first-order chi connectivity index (χ1) is 8.88. The molecule has 1 rings (SSSR count). The average molecular weight is 279 g/mol. The monoisotopic (exact) mass is 279 g/mol. The van der Waals surface area contributed by atoms with Gasteiger partial charge in [0.1, 0.15) is 0 Å². The van der Waals surface area contributed by atoms with Crippen molar-refractivity contribution in [1.29, 1.82) is 0 Å². The number of halogens is 3. The smallest absolute Gasteiger partial charge is 0.394 e. The summed E-state index contributed by atoms with van der Waals surface area (Å²) in [6.45, 7) is -1.99. The van der Waals surface area contributed by atoms with E-state index in [-0.39, 0.29) is 12.1 Å². The van der Waals surface area contributed by atoms with Gasteiger partial charge in [-0.2, -0.15) is 13.2 Å². The summed E-state index contributed by atoms with van der Waals surface area (Å²) >= 11 is 0. The van der Waals surface area contributed by atoms with Crippen molar-refractivity contribution in [2.24, 2.45) is 0 Å². The first-order valence-corrected chi connectivity index (χ1v) is 5.61. The SMILES string of the molecule is OCC(CO)(CO)NCc1ccccc1C(F)(F)F. The van der Waals surface area contributed by atoms with E-state index in [2.05, 4.69) is 5.32 Å². The Bertz CT molecular complexity index is 397. The maximum Gasteiger partial charge on any atom is 0.416 e. The second-order valence-corrected chi connectivity index (χ2v) is 4.26. The molecule has 0 aliphatic rings. The van der Waals surface area contributed by atoms with Crippen molar-refractivity contribution in [3.63, 3.8) is 0 Å². The van der Waals surface area contributed by atoms with Gasteiger partial charge in [0.05, 0.1) is 30.9 Å². The highest BCUT2D eigenvalue weighted by Gasteiger charge is 2.34. The van der Waals surface area contributed by atoms with Crippen molar-refractivity contribution in [3.8, 4) is 0 Å². The van der Waals surface area contributed by atoms with Crippen LogP contribution in [0.25, 0.3) is 0 Å². The zero-order chi connectivity index (χ0) is 14.5. The van der Waals surface area contributed by atoms with Crippen molar-refractivity contribution >= 4 is 0 Å². The molecule has 0 aromatic heterocycles. The molecule has 0 saturated heterocycles. The standard InChI is InChI=1S/C12H16F3NO3/c13-12(14,15)10-4-2-1-3-9(10)5-16-11(6-17,7-18)8-19/h1-4,16-19H,5-8H2. The van der Waals surface area contributed by atoms with Gasteiger partial charge in [-0.1, -0.05) is 18.2 Å². The normalized spacial score (nSPS) is 12.7.